The van der Waals surface area contributed by atoms with Crippen LogP contribution in [-0.4, -0.2) is 45.4 Å². The third-order valence-electron chi connectivity index (χ3n) is 11.6. The molecule has 4 aliphatic carbocycles. The highest BCUT2D eigenvalue weighted by atomic mass is 16.5. The maximum absolute atomic E-state index is 14.3. The molecule has 5 aliphatic rings. The molecule has 2 saturated carbocycles. The fourth-order valence-electron chi connectivity index (χ4n) is 9.24. The molecule has 3 fully saturated rings. The van der Waals surface area contributed by atoms with E-state index in [1.54, 1.807) is 19.9 Å². The topological polar surface area (TPSA) is 101 Å². The van der Waals surface area contributed by atoms with E-state index in [4.69, 9.17) is 4.74 Å². The molecule has 0 aromatic heterocycles. The molecule has 9 atom stereocenters. The fourth-order valence-corrected chi connectivity index (χ4v) is 9.24. The minimum Gasteiger partial charge on any atom is -0.505 e. The van der Waals surface area contributed by atoms with Crippen LogP contribution in [0.1, 0.15) is 81.1 Å². The van der Waals surface area contributed by atoms with Gasteiger partial charge in [-0.15, -0.1) is 0 Å². The summed E-state index contributed by atoms with van der Waals surface area (Å²) in [6, 6.07) is 0. The molecule has 0 radical (unpaired) electrons. The zero-order chi connectivity index (χ0) is 26.8. The van der Waals surface area contributed by atoms with E-state index in [9.17, 15) is 24.6 Å². The Morgan fingerprint density at radius 3 is 2.31 bits per heavy atom. The highest BCUT2D eigenvalue weighted by Gasteiger charge is 2.73. The molecule has 0 unspecified atom stereocenters. The van der Waals surface area contributed by atoms with Gasteiger partial charge in [0.1, 0.15) is 11.6 Å². The van der Waals surface area contributed by atoms with Crippen LogP contribution in [0, 0.1) is 45.3 Å². The van der Waals surface area contributed by atoms with Crippen LogP contribution in [0.15, 0.2) is 23.5 Å². The Balaban J connectivity index is 1.64. The number of fused-ring (bicyclic) bond motifs is 7. The second kappa shape index (κ2) is 7.41. The van der Waals surface area contributed by atoms with Gasteiger partial charge in [0.2, 0.25) is 5.78 Å². The molecule has 1 heterocycles. The number of allylic oxidation sites excluding steroid dienone is 4. The van der Waals surface area contributed by atoms with Crippen molar-refractivity contribution >= 4 is 17.3 Å². The summed E-state index contributed by atoms with van der Waals surface area (Å²) in [6.07, 6.45) is 4.84. The van der Waals surface area contributed by atoms with Crippen molar-refractivity contribution < 1.29 is 29.3 Å². The lowest BCUT2D eigenvalue weighted by Crippen LogP contribution is -2.62. The van der Waals surface area contributed by atoms with E-state index in [0.717, 1.165) is 5.57 Å². The molecule has 6 nitrogen and oxygen atoms in total. The van der Waals surface area contributed by atoms with Crippen LogP contribution < -0.4 is 0 Å². The first-order valence-electron chi connectivity index (χ1n) is 13.5. The van der Waals surface area contributed by atoms with Gasteiger partial charge in [-0.05, 0) is 63.4 Å². The number of Topliss-reactive ketones (excluding diaryl/α,β-unsaturated/α-hetero) is 3. The number of ether oxygens (including phenoxy) is 1. The molecule has 5 rings (SSSR count). The lowest BCUT2D eigenvalue weighted by atomic mass is 9.39. The first-order chi connectivity index (χ1) is 16.4. The van der Waals surface area contributed by atoms with Gasteiger partial charge in [0.15, 0.2) is 5.76 Å². The minimum atomic E-state index is -1.14. The van der Waals surface area contributed by atoms with Crippen molar-refractivity contribution in [2.75, 3.05) is 0 Å². The van der Waals surface area contributed by atoms with E-state index in [1.807, 2.05) is 27.7 Å². The molecule has 1 saturated heterocycles. The van der Waals surface area contributed by atoms with Crippen molar-refractivity contribution in [2.24, 2.45) is 45.3 Å². The Labute approximate surface area is 214 Å². The first-order valence-corrected chi connectivity index (χ1v) is 13.5. The highest BCUT2D eigenvalue weighted by molar-refractivity contribution is 6.02. The standard InChI is InChI=1S/C30H42O6/c1-15-18(31)12-23(27(4,5)35)36-20-13-28(6)21-10-9-16-17(11-19(32)25(34)26(16,2)3)30(21,8)22(33)14-29(28,7)24(15)20/h9,11,15,17,20-21,23-24,32,35H,10,12-14H2,1-8H3/t15-,17-,20-,21+,23+,24+,28+,29-,30+/m1/s1. The summed E-state index contributed by atoms with van der Waals surface area (Å²) < 4.78 is 6.59. The second-order valence-corrected chi connectivity index (χ2v) is 14.2. The third-order valence-corrected chi connectivity index (χ3v) is 11.6. The summed E-state index contributed by atoms with van der Waals surface area (Å²) >= 11 is 0. The zero-order valence-corrected chi connectivity index (χ0v) is 23.0. The molecule has 198 valence electrons. The van der Waals surface area contributed by atoms with Crippen molar-refractivity contribution in [3.8, 4) is 0 Å². The number of carbonyl (C=O) groups excluding carboxylic acids is 3. The molecule has 36 heavy (non-hydrogen) atoms. The smallest absolute Gasteiger partial charge is 0.206 e. The lowest BCUT2D eigenvalue weighted by molar-refractivity contribution is -0.167. The Morgan fingerprint density at radius 1 is 1.06 bits per heavy atom. The Bertz CT molecular complexity index is 1110. The van der Waals surface area contributed by atoms with Crippen LogP contribution in [-0.2, 0) is 19.1 Å². The van der Waals surface area contributed by atoms with Gasteiger partial charge in [-0.2, -0.15) is 0 Å². The molecule has 0 aromatic carbocycles. The summed E-state index contributed by atoms with van der Waals surface area (Å²) in [4.78, 5) is 40.4. The third kappa shape index (κ3) is 3.00. The number of aliphatic hydroxyl groups is 2. The predicted octanol–water partition coefficient (Wildman–Crippen LogP) is 4.74. The predicted molar refractivity (Wildman–Crippen MR) is 135 cm³/mol. The van der Waals surface area contributed by atoms with Crippen LogP contribution in [0.2, 0.25) is 0 Å². The molecule has 0 bridgehead atoms. The zero-order valence-electron chi connectivity index (χ0n) is 23.0. The van der Waals surface area contributed by atoms with E-state index < -0.39 is 27.9 Å². The summed E-state index contributed by atoms with van der Waals surface area (Å²) in [5, 5.41) is 21.4. The molecule has 0 amide bonds. The number of rotatable bonds is 1. The van der Waals surface area contributed by atoms with Crippen LogP contribution in [0.5, 0.6) is 0 Å². The number of hydrogen-bond donors (Lipinski definition) is 2. The monoisotopic (exact) mass is 498 g/mol. The molecular weight excluding hydrogens is 456 g/mol. The molecule has 1 aliphatic heterocycles. The van der Waals surface area contributed by atoms with Gasteiger partial charge in [-0.1, -0.05) is 39.3 Å². The Morgan fingerprint density at radius 2 is 1.69 bits per heavy atom. The molecule has 2 N–H and O–H groups in total. The number of aliphatic hydroxyl groups excluding tert-OH is 1. The normalized spacial score (nSPS) is 48.2. The molecular formula is C30H42O6. The minimum absolute atomic E-state index is 0.0310. The van der Waals surface area contributed by atoms with Crippen molar-refractivity contribution in [1.29, 1.82) is 0 Å². The molecule has 0 spiro atoms. The summed E-state index contributed by atoms with van der Waals surface area (Å²) in [6.45, 7) is 15.5. The molecule has 0 aromatic rings. The van der Waals surface area contributed by atoms with Crippen LogP contribution in [0.3, 0.4) is 0 Å². The van der Waals surface area contributed by atoms with Crippen molar-refractivity contribution in [3.05, 3.63) is 23.5 Å². The summed E-state index contributed by atoms with van der Waals surface area (Å²) in [5.74, 6) is -1.07. The summed E-state index contributed by atoms with van der Waals surface area (Å²) in [5.41, 5.74) is -2.59. The van der Waals surface area contributed by atoms with Gasteiger partial charge in [-0.3, -0.25) is 14.4 Å². The average Bonchev–Trinajstić information content (AvgIpc) is 2.88. The Kier molecular flexibility index (Phi) is 5.32. The quantitative estimate of drug-likeness (QED) is 0.506. The number of ketones is 3. The maximum Gasteiger partial charge on any atom is 0.206 e. The van der Waals surface area contributed by atoms with Crippen molar-refractivity contribution in [2.45, 2.75) is 98.9 Å². The van der Waals surface area contributed by atoms with Crippen molar-refractivity contribution in [1.82, 2.24) is 0 Å². The van der Waals surface area contributed by atoms with Crippen molar-refractivity contribution in [3.63, 3.8) is 0 Å². The van der Waals surface area contributed by atoms with Gasteiger partial charge in [-0.25, -0.2) is 0 Å². The van der Waals surface area contributed by atoms with Gasteiger partial charge < -0.3 is 14.9 Å². The van der Waals surface area contributed by atoms with E-state index in [2.05, 4.69) is 19.9 Å². The average molecular weight is 499 g/mol. The van der Waals surface area contributed by atoms with Crippen LogP contribution in [0.25, 0.3) is 0 Å². The van der Waals surface area contributed by atoms with E-state index in [-0.39, 0.29) is 64.7 Å². The van der Waals surface area contributed by atoms with Gasteiger partial charge in [0.05, 0.1) is 23.2 Å². The van der Waals surface area contributed by atoms with Crippen LogP contribution in [0.4, 0.5) is 0 Å². The summed E-state index contributed by atoms with van der Waals surface area (Å²) in [7, 11) is 0. The number of hydrogen-bond acceptors (Lipinski definition) is 6. The van der Waals surface area contributed by atoms with E-state index in [1.165, 1.54) is 0 Å². The SMILES string of the molecule is C[C@@H]1C(=O)C[C@@H](C(C)(C)O)O[C@@H]2C[C@@]3(C)[C@@H]4CC=C5[C@@H](C=C(O)C(=O)C5(C)C)[C@]4(C)C(=O)C[C@]3(C)[C@@H]12. The maximum atomic E-state index is 14.3. The van der Waals surface area contributed by atoms with Gasteiger partial charge >= 0.3 is 0 Å². The fraction of sp³-hybridized carbons (Fsp3) is 0.767. The van der Waals surface area contributed by atoms with Gasteiger partial charge in [0.25, 0.3) is 0 Å². The van der Waals surface area contributed by atoms with E-state index >= 15 is 0 Å². The first kappa shape index (κ1) is 25.8. The van der Waals surface area contributed by atoms with E-state index in [0.29, 0.717) is 19.3 Å². The van der Waals surface area contributed by atoms with Crippen LogP contribution >= 0.6 is 0 Å². The number of carbonyl (C=O) groups is 3. The second-order valence-electron chi connectivity index (χ2n) is 14.2. The Hall–Kier alpha value is -1.79. The lowest BCUT2D eigenvalue weighted by Gasteiger charge is -2.63. The molecule has 6 heteroatoms. The highest BCUT2D eigenvalue weighted by Crippen LogP contribution is 2.74. The largest absolute Gasteiger partial charge is 0.505 e. The van der Waals surface area contributed by atoms with Gasteiger partial charge in [0, 0.05) is 36.0 Å².